The minimum Gasteiger partial charge on any atom is -0.508 e. The Bertz CT molecular complexity index is 753. The maximum absolute atomic E-state index is 12.6. The molecule has 0 saturated carbocycles. The number of nitrogens with zero attached hydrogens (tertiary/aromatic N) is 2. The molecule has 0 radical (unpaired) electrons. The second-order valence-electron chi connectivity index (χ2n) is 6.00. The van der Waals surface area contributed by atoms with E-state index >= 15 is 0 Å². The van der Waals surface area contributed by atoms with Crippen LogP contribution in [0.5, 0.6) is 5.75 Å². The summed E-state index contributed by atoms with van der Waals surface area (Å²) < 4.78 is 37.9. The van der Waals surface area contributed by atoms with Gasteiger partial charge in [0.1, 0.15) is 5.75 Å². The van der Waals surface area contributed by atoms with Gasteiger partial charge in [-0.15, -0.1) is 0 Å². The van der Waals surface area contributed by atoms with Crippen LogP contribution in [0.3, 0.4) is 0 Å². The van der Waals surface area contributed by atoms with Crippen molar-refractivity contribution in [1.82, 2.24) is 4.90 Å². The lowest BCUT2D eigenvalue weighted by atomic mass is 10.1. The van der Waals surface area contributed by atoms with Crippen molar-refractivity contribution >= 4 is 17.4 Å². The van der Waals surface area contributed by atoms with Crippen molar-refractivity contribution in [2.45, 2.75) is 6.18 Å². The number of carbonyl (C=O) groups excluding carboxylic acids is 1. The predicted octanol–water partition coefficient (Wildman–Crippen LogP) is 3.77. The zero-order chi connectivity index (χ0) is 18.7. The number of amides is 2. The number of carbonyl (C=O) groups is 1. The molecule has 8 heteroatoms. The fourth-order valence-electron chi connectivity index (χ4n) is 2.78. The Kier molecular flexibility index (Phi) is 4.92. The Labute approximate surface area is 148 Å². The lowest BCUT2D eigenvalue weighted by molar-refractivity contribution is -0.137. The number of alkyl halides is 3. The smallest absolute Gasteiger partial charge is 0.416 e. The van der Waals surface area contributed by atoms with Gasteiger partial charge in [-0.05, 0) is 48.5 Å². The van der Waals surface area contributed by atoms with Crippen LogP contribution in [0.1, 0.15) is 5.56 Å². The standard InChI is InChI=1S/C18H18F3N3O2/c19-18(20,21)13-1-5-15(6-2-13)23-9-11-24(12-10-23)17(26)22-14-3-7-16(25)8-4-14/h1-8,25H,9-12H2,(H,22,26). The number of piperazine rings is 1. The molecule has 0 aromatic heterocycles. The summed E-state index contributed by atoms with van der Waals surface area (Å²) in [5.74, 6) is 0.119. The molecule has 1 aliphatic rings. The van der Waals surface area contributed by atoms with Gasteiger partial charge in [0.25, 0.3) is 0 Å². The summed E-state index contributed by atoms with van der Waals surface area (Å²) in [7, 11) is 0. The number of benzene rings is 2. The largest absolute Gasteiger partial charge is 0.508 e. The molecule has 2 N–H and O–H groups in total. The third-order valence-electron chi connectivity index (χ3n) is 4.25. The molecule has 0 aliphatic carbocycles. The van der Waals surface area contributed by atoms with E-state index < -0.39 is 11.7 Å². The molecule has 5 nitrogen and oxygen atoms in total. The summed E-state index contributed by atoms with van der Waals surface area (Å²) in [4.78, 5) is 15.9. The molecule has 2 amide bonds. The highest BCUT2D eigenvalue weighted by atomic mass is 19.4. The van der Waals surface area contributed by atoms with Crippen LogP contribution in [-0.4, -0.2) is 42.2 Å². The van der Waals surface area contributed by atoms with Crippen molar-refractivity contribution in [2.75, 3.05) is 36.4 Å². The predicted molar refractivity (Wildman–Crippen MR) is 92.4 cm³/mol. The Morgan fingerprint density at radius 2 is 1.50 bits per heavy atom. The summed E-state index contributed by atoms with van der Waals surface area (Å²) in [6.45, 7) is 2.00. The minimum absolute atomic E-state index is 0.119. The number of phenols is 1. The molecule has 1 saturated heterocycles. The fourth-order valence-corrected chi connectivity index (χ4v) is 2.78. The highest BCUT2D eigenvalue weighted by molar-refractivity contribution is 5.89. The summed E-state index contributed by atoms with van der Waals surface area (Å²) in [5, 5.41) is 12.0. The maximum atomic E-state index is 12.6. The molecule has 1 heterocycles. The van der Waals surface area contributed by atoms with Crippen molar-refractivity contribution in [1.29, 1.82) is 0 Å². The Hall–Kier alpha value is -2.90. The van der Waals surface area contributed by atoms with Gasteiger partial charge in [0.15, 0.2) is 0 Å². The van der Waals surface area contributed by atoms with Crippen molar-refractivity contribution in [3.8, 4) is 5.75 Å². The number of rotatable bonds is 2. The van der Waals surface area contributed by atoms with Crippen LogP contribution >= 0.6 is 0 Å². The monoisotopic (exact) mass is 365 g/mol. The van der Waals surface area contributed by atoms with E-state index in [-0.39, 0.29) is 11.8 Å². The molecule has 1 aliphatic heterocycles. The number of urea groups is 1. The van der Waals surface area contributed by atoms with E-state index in [1.165, 1.54) is 24.3 Å². The molecule has 138 valence electrons. The van der Waals surface area contributed by atoms with Gasteiger partial charge >= 0.3 is 12.2 Å². The lowest BCUT2D eigenvalue weighted by Gasteiger charge is -2.36. The van der Waals surface area contributed by atoms with Crippen molar-refractivity contribution < 1.29 is 23.1 Å². The molecule has 2 aromatic carbocycles. The van der Waals surface area contributed by atoms with E-state index in [0.29, 0.717) is 37.6 Å². The van der Waals surface area contributed by atoms with Gasteiger partial charge in [0, 0.05) is 37.6 Å². The first-order valence-corrected chi connectivity index (χ1v) is 8.10. The quantitative estimate of drug-likeness (QED) is 0.797. The van der Waals surface area contributed by atoms with E-state index in [0.717, 1.165) is 12.1 Å². The Morgan fingerprint density at radius 1 is 0.923 bits per heavy atom. The third-order valence-corrected chi connectivity index (χ3v) is 4.25. The van der Waals surface area contributed by atoms with Gasteiger partial charge in [-0.1, -0.05) is 0 Å². The van der Waals surface area contributed by atoms with Crippen LogP contribution in [0, 0.1) is 0 Å². The summed E-state index contributed by atoms with van der Waals surface area (Å²) in [6.07, 6.45) is -4.34. The van der Waals surface area contributed by atoms with Crippen LogP contribution in [0.25, 0.3) is 0 Å². The number of nitrogens with one attached hydrogen (secondary N) is 1. The fraction of sp³-hybridized carbons (Fsp3) is 0.278. The molecular formula is C18H18F3N3O2. The van der Waals surface area contributed by atoms with Crippen molar-refractivity contribution in [3.05, 3.63) is 54.1 Å². The molecule has 2 aromatic rings. The SMILES string of the molecule is O=C(Nc1ccc(O)cc1)N1CCN(c2ccc(C(F)(F)F)cc2)CC1. The molecule has 0 bridgehead atoms. The van der Waals surface area contributed by atoms with E-state index in [2.05, 4.69) is 5.32 Å². The number of anilines is 2. The van der Waals surface area contributed by atoms with E-state index in [1.807, 2.05) is 4.90 Å². The topological polar surface area (TPSA) is 55.8 Å². The number of aromatic hydroxyl groups is 1. The highest BCUT2D eigenvalue weighted by Crippen LogP contribution is 2.30. The number of halogens is 3. The average Bonchev–Trinajstić information content (AvgIpc) is 2.63. The first-order valence-electron chi connectivity index (χ1n) is 8.10. The Morgan fingerprint density at radius 3 is 2.04 bits per heavy atom. The first kappa shape index (κ1) is 17.9. The zero-order valence-electron chi connectivity index (χ0n) is 13.8. The second kappa shape index (κ2) is 7.15. The van der Waals surface area contributed by atoms with Gasteiger partial charge in [0.05, 0.1) is 5.56 Å². The molecule has 0 spiro atoms. The first-order chi connectivity index (χ1) is 12.3. The molecule has 3 rings (SSSR count). The van der Waals surface area contributed by atoms with Gasteiger partial charge in [-0.2, -0.15) is 13.2 Å². The molecule has 1 fully saturated rings. The normalized spacial score (nSPS) is 15.0. The van der Waals surface area contributed by atoms with Crippen molar-refractivity contribution in [3.63, 3.8) is 0 Å². The highest BCUT2D eigenvalue weighted by Gasteiger charge is 2.30. The summed E-state index contributed by atoms with van der Waals surface area (Å²) in [5.41, 5.74) is 0.614. The summed E-state index contributed by atoms with van der Waals surface area (Å²) in [6, 6.07) is 11.0. The lowest BCUT2D eigenvalue weighted by Crippen LogP contribution is -2.50. The molecular weight excluding hydrogens is 347 g/mol. The average molecular weight is 365 g/mol. The van der Waals surface area contributed by atoms with Gasteiger partial charge in [-0.25, -0.2) is 4.79 Å². The van der Waals surface area contributed by atoms with Gasteiger partial charge in [-0.3, -0.25) is 0 Å². The maximum Gasteiger partial charge on any atom is 0.416 e. The van der Waals surface area contributed by atoms with Crippen LogP contribution in [0.4, 0.5) is 29.3 Å². The summed E-state index contributed by atoms with van der Waals surface area (Å²) >= 11 is 0. The van der Waals surface area contributed by atoms with E-state index in [4.69, 9.17) is 0 Å². The van der Waals surface area contributed by atoms with Gasteiger partial charge < -0.3 is 20.2 Å². The zero-order valence-corrected chi connectivity index (χ0v) is 13.8. The minimum atomic E-state index is -4.34. The van der Waals surface area contributed by atoms with Crippen LogP contribution in [-0.2, 0) is 6.18 Å². The third kappa shape index (κ3) is 4.19. The van der Waals surface area contributed by atoms with Crippen molar-refractivity contribution in [2.24, 2.45) is 0 Å². The number of phenolic OH excluding ortho intramolecular Hbond substituents is 1. The van der Waals surface area contributed by atoms with Crippen LogP contribution in [0.2, 0.25) is 0 Å². The van der Waals surface area contributed by atoms with Crippen LogP contribution < -0.4 is 10.2 Å². The van der Waals surface area contributed by atoms with E-state index in [1.54, 1.807) is 17.0 Å². The van der Waals surface area contributed by atoms with E-state index in [9.17, 15) is 23.1 Å². The molecule has 0 atom stereocenters. The number of hydrogen-bond donors (Lipinski definition) is 2. The second-order valence-corrected chi connectivity index (χ2v) is 6.00. The van der Waals surface area contributed by atoms with Gasteiger partial charge in [0.2, 0.25) is 0 Å². The number of hydrogen-bond acceptors (Lipinski definition) is 3. The molecule has 0 unspecified atom stereocenters. The van der Waals surface area contributed by atoms with Crippen LogP contribution in [0.15, 0.2) is 48.5 Å². The Balaban J connectivity index is 1.55. The molecule has 26 heavy (non-hydrogen) atoms.